The van der Waals surface area contributed by atoms with Crippen molar-refractivity contribution in [2.24, 2.45) is 23.2 Å². The summed E-state index contributed by atoms with van der Waals surface area (Å²) in [6.07, 6.45) is 5.39. The Hall–Kier alpha value is -1.71. The fourth-order valence-corrected chi connectivity index (χ4v) is 3.26. The maximum atomic E-state index is 12.3. The maximum absolute atomic E-state index is 12.3. The second-order valence-corrected chi connectivity index (χ2v) is 6.23. The molecule has 114 valence electrons. The van der Waals surface area contributed by atoms with Crippen LogP contribution in [0.4, 0.5) is 0 Å². The fraction of sp³-hybridized carbons (Fsp3) is 0.588. The van der Waals surface area contributed by atoms with Gasteiger partial charge in [-0.1, -0.05) is 26.8 Å². The van der Waals surface area contributed by atoms with E-state index in [9.17, 15) is 14.4 Å². The van der Waals surface area contributed by atoms with Gasteiger partial charge in [-0.05, 0) is 31.1 Å². The van der Waals surface area contributed by atoms with Crippen molar-refractivity contribution < 1.29 is 19.1 Å². The molecule has 4 heteroatoms. The molecular weight excluding hydrogens is 268 g/mol. The molecule has 0 amide bonds. The van der Waals surface area contributed by atoms with Gasteiger partial charge in [-0.3, -0.25) is 14.4 Å². The highest BCUT2D eigenvalue weighted by molar-refractivity contribution is 6.00. The predicted octanol–water partition coefficient (Wildman–Crippen LogP) is 2.48. The Morgan fingerprint density at radius 1 is 1.38 bits per heavy atom. The molecule has 0 aliphatic heterocycles. The number of ketones is 2. The second-order valence-electron chi connectivity index (χ2n) is 6.23. The minimum Gasteiger partial charge on any atom is -0.466 e. The molecule has 0 saturated carbocycles. The number of allylic oxidation sites excluding steroid dienone is 4. The Morgan fingerprint density at radius 2 is 2.05 bits per heavy atom. The highest BCUT2D eigenvalue weighted by Crippen LogP contribution is 2.49. The van der Waals surface area contributed by atoms with Crippen LogP contribution in [0.2, 0.25) is 0 Å². The number of hydrogen-bond donors (Lipinski definition) is 0. The van der Waals surface area contributed by atoms with Gasteiger partial charge in [0, 0.05) is 17.3 Å². The molecule has 2 rings (SSSR count). The van der Waals surface area contributed by atoms with Gasteiger partial charge in [0.25, 0.3) is 0 Å². The maximum Gasteiger partial charge on any atom is 0.309 e. The molecule has 21 heavy (non-hydrogen) atoms. The van der Waals surface area contributed by atoms with Crippen molar-refractivity contribution >= 4 is 17.5 Å². The van der Waals surface area contributed by atoms with E-state index in [1.165, 1.54) is 0 Å². The van der Waals surface area contributed by atoms with Crippen molar-refractivity contribution in [3.63, 3.8) is 0 Å². The van der Waals surface area contributed by atoms with Crippen LogP contribution in [-0.4, -0.2) is 24.1 Å². The van der Waals surface area contributed by atoms with Crippen LogP contribution in [0.15, 0.2) is 23.8 Å². The molecule has 0 saturated heterocycles. The number of carbonyl (C=O) groups excluding carboxylic acids is 3. The van der Waals surface area contributed by atoms with Crippen molar-refractivity contribution in [3.05, 3.63) is 23.8 Å². The fourth-order valence-electron chi connectivity index (χ4n) is 3.26. The van der Waals surface area contributed by atoms with Crippen molar-refractivity contribution in [2.75, 3.05) is 6.61 Å². The van der Waals surface area contributed by atoms with Gasteiger partial charge in [0.15, 0.2) is 11.6 Å². The summed E-state index contributed by atoms with van der Waals surface area (Å²) in [5, 5.41) is 0. The van der Waals surface area contributed by atoms with Gasteiger partial charge in [0.05, 0.1) is 12.5 Å². The third kappa shape index (κ3) is 2.59. The molecule has 0 fully saturated rings. The molecule has 0 aromatic carbocycles. The molecule has 0 radical (unpaired) electrons. The smallest absolute Gasteiger partial charge is 0.309 e. The van der Waals surface area contributed by atoms with E-state index in [2.05, 4.69) is 0 Å². The topological polar surface area (TPSA) is 60.4 Å². The van der Waals surface area contributed by atoms with Crippen LogP contribution in [0.3, 0.4) is 0 Å². The van der Waals surface area contributed by atoms with E-state index in [1.807, 2.05) is 13.8 Å². The van der Waals surface area contributed by atoms with E-state index in [-0.39, 0.29) is 28.9 Å². The van der Waals surface area contributed by atoms with Crippen molar-refractivity contribution in [1.82, 2.24) is 0 Å². The lowest BCUT2D eigenvalue weighted by Gasteiger charge is -2.44. The average Bonchev–Trinajstić information content (AvgIpc) is 2.44. The van der Waals surface area contributed by atoms with Gasteiger partial charge in [0.1, 0.15) is 0 Å². The summed E-state index contributed by atoms with van der Waals surface area (Å²) >= 11 is 0. The second kappa shape index (κ2) is 5.58. The molecule has 0 N–H and O–H groups in total. The first-order chi connectivity index (χ1) is 9.81. The number of fused-ring (bicyclic) bond motifs is 1. The quantitative estimate of drug-likeness (QED) is 0.749. The molecule has 0 heterocycles. The van der Waals surface area contributed by atoms with Gasteiger partial charge in [-0.25, -0.2) is 0 Å². The van der Waals surface area contributed by atoms with Crippen molar-refractivity contribution in [1.29, 1.82) is 0 Å². The van der Waals surface area contributed by atoms with Crippen LogP contribution in [0, 0.1) is 23.2 Å². The molecule has 4 nitrogen and oxygen atoms in total. The average molecular weight is 290 g/mol. The summed E-state index contributed by atoms with van der Waals surface area (Å²) in [4.78, 5) is 36.2. The molecule has 0 aromatic heterocycles. The first-order valence-corrected chi connectivity index (χ1v) is 7.45. The zero-order chi connectivity index (χ0) is 15.8. The number of esters is 1. The summed E-state index contributed by atoms with van der Waals surface area (Å²) < 4.78 is 5.03. The standard InChI is InChI=1S/C17H22O4/c1-5-21-16(20)10(2)13-9-17(4)11(3)14(18)7-6-12(17)8-15(13)19/h6-8,10-11,13H,5,9H2,1-4H3/t10-,11+,13+,17-/m1/s1. The molecule has 4 atom stereocenters. The predicted molar refractivity (Wildman–Crippen MR) is 78.4 cm³/mol. The Bertz CT molecular complexity index is 543. The SMILES string of the molecule is CCOC(=O)[C@H](C)[C@@H]1C[C@@]2(C)C(=CC1=O)C=CC(=O)[C@@H]2C. The van der Waals surface area contributed by atoms with E-state index in [1.54, 1.807) is 32.1 Å². The lowest BCUT2D eigenvalue weighted by molar-refractivity contribution is -0.152. The molecule has 0 aromatic rings. The van der Waals surface area contributed by atoms with E-state index in [4.69, 9.17) is 4.74 Å². The molecule has 0 spiro atoms. The molecule has 2 aliphatic rings. The zero-order valence-electron chi connectivity index (χ0n) is 13.0. The van der Waals surface area contributed by atoms with Crippen LogP contribution in [0.5, 0.6) is 0 Å². The van der Waals surface area contributed by atoms with E-state index >= 15 is 0 Å². The Labute approximate surface area is 125 Å². The molecular formula is C17H22O4. The van der Waals surface area contributed by atoms with E-state index in [0.29, 0.717) is 13.0 Å². The zero-order valence-corrected chi connectivity index (χ0v) is 13.0. The summed E-state index contributed by atoms with van der Waals surface area (Å²) in [6, 6.07) is 0. The van der Waals surface area contributed by atoms with Crippen LogP contribution in [0.25, 0.3) is 0 Å². The van der Waals surface area contributed by atoms with Gasteiger partial charge in [0.2, 0.25) is 0 Å². The van der Waals surface area contributed by atoms with E-state index < -0.39 is 11.8 Å². The van der Waals surface area contributed by atoms with Gasteiger partial charge < -0.3 is 4.74 Å². The summed E-state index contributed by atoms with van der Waals surface area (Å²) in [5.41, 5.74) is 0.512. The van der Waals surface area contributed by atoms with Crippen LogP contribution >= 0.6 is 0 Å². The molecule has 0 bridgehead atoms. The first-order valence-electron chi connectivity index (χ1n) is 7.45. The van der Waals surface area contributed by atoms with E-state index in [0.717, 1.165) is 5.57 Å². The van der Waals surface area contributed by atoms with Crippen molar-refractivity contribution in [2.45, 2.75) is 34.1 Å². The third-order valence-electron chi connectivity index (χ3n) is 5.04. The Morgan fingerprint density at radius 3 is 2.67 bits per heavy atom. The highest BCUT2D eigenvalue weighted by Gasteiger charge is 2.47. The van der Waals surface area contributed by atoms with Gasteiger partial charge in [-0.2, -0.15) is 0 Å². The highest BCUT2D eigenvalue weighted by atomic mass is 16.5. The summed E-state index contributed by atoms with van der Waals surface area (Å²) in [6.45, 7) is 7.68. The summed E-state index contributed by atoms with van der Waals surface area (Å²) in [5.74, 6) is -1.40. The van der Waals surface area contributed by atoms with Crippen LogP contribution in [-0.2, 0) is 19.1 Å². The van der Waals surface area contributed by atoms with Crippen LogP contribution < -0.4 is 0 Å². The summed E-state index contributed by atoms with van der Waals surface area (Å²) in [7, 11) is 0. The Kier molecular flexibility index (Phi) is 4.17. The normalized spacial score (nSPS) is 33.2. The molecule has 0 unspecified atom stereocenters. The van der Waals surface area contributed by atoms with Crippen molar-refractivity contribution in [3.8, 4) is 0 Å². The largest absolute Gasteiger partial charge is 0.466 e. The Balaban J connectivity index is 2.33. The lowest BCUT2D eigenvalue weighted by Crippen LogP contribution is -2.44. The molecule has 2 aliphatic carbocycles. The number of ether oxygens (including phenoxy) is 1. The minimum absolute atomic E-state index is 0.0470. The monoisotopic (exact) mass is 290 g/mol. The lowest BCUT2D eigenvalue weighted by atomic mass is 9.58. The van der Waals surface area contributed by atoms with Gasteiger partial charge >= 0.3 is 5.97 Å². The third-order valence-corrected chi connectivity index (χ3v) is 5.04. The first kappa shape index (κ1) is 15.7. The minimum atomic E-state index is -0.486. The van der Waals surface area contributed by atoms with Gasteiger partial charge in [-0.15, -0.1) is 0 Å². The van der Waals surface area contributed by atoms with Crippen LogP contribution in [0.1, 0.15) is 34.1 Å². The number of hydrogen-bond acceptors (Lipinski definition) is 4. The number of rotatable bonds is 3. The number of carbonyl (C=O) groups is 3.